The van der Waals surface area contributed by atoms with E-state index in [4.69, 9.17) is 9.47 Å². The molecule has 3 heterocycles. The highest BCUT2D eigenvalue weighted by molar-refractivity contribution is 5.90. The molecular weight excluding hydrogens is 320 g/mol. The van der Waals surface area contributed by atoms with Crippen LogP contribution in [0.25, 0.3) is 0 Å². The average Bonchev–Trinajstić information content (AvgIpc) is 2.96. The van der Waals surface area contributed by atoms with Crippen LogP contribution in [0.2, 0.25) is 0 Å². The maximum atomic E-state index is 12.9. The van der Waals surface area contributed by atoms with E-state index in [0.717, 1.165) is 30.5 Å². The van der Waals surface area contributed by atoms with Gasteiger partial charge in [-0.25, -0.2) is 14.8 Å². The van der Waals surface area contributed by atoms with Gasteiger partial charge in [0.05, 0.1) is 26.0 Å². The summed E-state index contributed by atoms with van der Waals surface area (Å²) < 4.78 is 10.5. The van der Waals surface area contributed by atoms with Crippen LogP contribution in [0.3, 0.4) is 0 Å². The van der Waals surface area contributed by atoms with E-state index in [1.54, 1.807) is 38.7 Å². The quantitative estimate of drug-likeness (QED) is 0.930. The highest BCUT2D eigenvalue weighted by atomic mass is 16.5. The number of rotatable bonds is 3. The van der Waals surface area contributed by atoms with Gasteiger partial charge in [-0.2, -0.15) is 0 Å². The standard InChI is InChI=1S/C18H20N4O3/c1-24-13-5-11(6-14(8-13)25-2)21-18(23)22-12-3-4-17(22)15-9-19-10-20-16(15)7-12/h5-6,8-10,12,17H,3-4,7H2,1-2H3,(H,21,23). The van der Waals surface area contributed by atoms with Crippen molar-refractivity contribution in [2.75, 3.05) is 19.5 Å². The number of nitrogens with zero attached hydrogens (tertiary/aromatic N) is 3. The minimum Gasteiger partial charge on any atom is -0.497 e. The zero-order chi connectivity index (χ0) is 17.4. The van der Waals surface area contributed by atoms with E-state index in [9.17, 15) is 4.79 Å². The van der Waals surface area contributed by atoms with Crippen LogP contribution in [0.5, 0.6) is 11.5 Å². The summed E-state index contributed by atoms with van der Waals surface area (Å²) in [5.74, 6) is 1.27. The number of benzene rings is 1. The first-order chi connectivity index (χ1) is 12.2. The Bertz CT molecular complexity index is 788. The molecule has 2 aromatic rings. The van der Waals surface area contributed by atoms with Crippen LogP contribution in [0.15, 0.2) is 30.7 Å². The second kappa shape index (κ2) is 6.23. The van der Waals surface area contributed by atoms with E-state index in [-0.39, 0.29) is 18.1 Å². The number of carbonyl (C=O) groups is 1. The monoisotopic (exact) mass is 340 g/mol. The molecule has 2 amide bonds. The van der Waals surface area contributed by atoms with Gasteiger partial charge in [0.2, 0.25) is 0 Å². The van der Waals surface area contributed by atoms with E-state index >= 15 is 0 Å². The Morgan fingerprint density at radius 3 is 2.68 bits per heavy atom. The molecule has 0 aliphatic carbocycles. The number of amides is 2. The predicted molar refractivity (Wildman–Crippen MR) is 91.9 cm³/mol. The summed E-state index contributed by atoms with van der Waals surface area (Å²) in [4.78, 5) is 23.4. The number of carbonyl (C=O) groups excluding carboxylic acids is 1. The van der Waals surface area contributed by atoms with Gasteiger partial charge in [0.1, 0.15) is 17.8 Å². The molecule has 130 valence electrons. The van der Waals surface area contributed by atoms with E-state index in [0.29, 0.717) is 17.2 Å². The van der Waals surface area contributed by atoms with Gasteiger partial charge in [-0.1, -0.05) is 0 Å². The minimum absolute atomic E-state index is 0.0439. The molecule has 0 spiro atoms. The van der Waals surface area contributed by atoms with Crippen molar-refractivity contribution in [3.8, 4) is 11.5 Å². The van der Waals surface area contributed by atoms with Crippen LogP contribution in [0.1, 0.15) is 30.1 Å². The number of ether oxygens (including phenoxy) is 2. The van der Waals surface area contributed by atoms with Gasteiger partial charge in [-0.05, 0) is 12.8 Å². The third-order valence-electron chi connectivity index (χ3n) is 4.95. The molecule has 1 fully saturated rings. The first-order valence-corrected chi connectivity index (χ1v) is 8.30. The molecule has 0 saturated carbocycles. The van der Waals surface area contributed by atoms with Crippen molar-refractivity contribution in [1.82, 2.24) is 14.9 Å². The lowest BCUT2D eigenvalue weighted by atomic mass is 10.00. The lowest BCUT2D eigenvalue weighted by molar-refractivity contribution is 0.178. The molecular formula is C18H20N4O3. The fourth-order valence-corrected chi connectivity index (χ4v) is 3.80. The Kier molecular flexibility index (Phi) is 3.91. The topological polar surface area (TPSA) is 76.6 Å². The van der Waals surface area contributed by atoms with Crippen LogP contribution >= 0.6 is 0 Å². The molecule has 1 aromatic carbocycles. The fraction of sp³-hybridized carbons (Fsp3) is 0.389. The van der Waals surface area contributed by atoms with E-state index < -0.39 is 0 Å². The average molecular weight is 340 g/mol. The first-order valence-electron chi connectivity index (χ1n) is 8.30. The molecule has 2 atom stereocenters. The molecule has 2 aliphatic rings. The third-order valence-corrected chi connectivity index (χ3v) is 4.95. The van der Waals surface area contributed by atoms with Crippen LogP contribution in [0, 0.1) is 0 Å². The summed E-state index contributed by atoms with van der Waals surface area (Å²) in [6, 6.07) is 5.44. The number of nitrogens with one attached hydrogen (secondary N) is 1. The molecule has 1 saturated heterocycles. The molecule has 7 nitrogen and oxygen atoms in total. The highest BCUT2D eigenvalue weighted by Crippen LogP contribution is 2.43. The Morgan fingerprint density at radius 2 is 1.96 bits per heavy atom. The van der Waals surface area contributed by atoms with Gasteiger partial charge in [0.25, 0.3) is 0 Å². The second-order valence-corrected chi connectivity index (χ2v) is 6.31. The minimum atomic E-state index is -0.114. The maximum Gasteiger partial charge on any atom is 0.322 e. The fourth-order valence-electron chi connectivity index (χ4n) is 3.80. The lowest BCUT2D eigenvalue weighted by Crippen LogP contribution is -2.44. The van der Waals surface area contributed by atoms with Crippen molar-refractivity contribution in [2.24, 2.45) is 0 Å². The van der Waals surface area contributed by atoms with Gasteiger partial charge in [0.15, 0.2) is 0 Å². The number of aromatic nitrogens is 2. The summed E-state index contributed by atoms with van der Waals surface area (Å²) in [5.41, 5.74) is 2.78. The Hall–Kier alpha value is -2.83. The van der Waals surface area contributed by atoms with Crippen molar-refractivity contribution in [2.45, 2.75) is 31.3 Å². The summed E-state index contributed by atoms with van der Waals surface area (Å²) in [7, 11) is 3.17. The summed E-state index contributed by atoms with van der Waals surface area (Å²) in [6.45, 7) is 0. The van der Waals surface area contributed by atoms with Crippen LogP contribution in [0.4, 0.5) is 10.5 Å². The number of fused-ring (bicyclic) bond motifs is 4. The summed E-state index contributed by atoms with van der Waals surface area (Å²) in [5, 5.41) is 2.98. The molecule has 0 radical (unpaired) electrons. The van der Waals surface area contributed by atoms with Crippen LogP contribution in [-0.4, -0.2) is 41.2 Å². The van der Waals surface area contributed by atoms with Crippen molar-refractivity contribution in [3.63, 3.8) is 0 Å². The van der Waals surface area contributed by atoms with E-state index in [1.807, 2.05) is 11.1 Å². The molecule has 2 bridgehead atoms. The number of hydrogen-bond acceptors (Lipinski definition) is 5. The van der Waals surface area contributed by atoms with Crippen molar-refractivity contribution in [3.05, 3.63) is 42.0 Å². The number of methoxy groups -OCH3 is 2. The smallest absolute Gasteiger partial charge is 0.322 e. The SMILES string of the molecule is COc1cc(NC(=O)N2C3CCC2c2cncnc2C3)cc(OC)c1. The normalized spacial score (nSPS) is 20.8. The maximum absolute atomic E-state index is 12.9. The zero-order valence-electron chi connectivity index (χ0n) is 14.2. The first kappa shape index (κ1) is 15.7. The molecule has 4 rings (SSSR count). The predicted octanol–water partition coefficient (Wildman–Crippen LogP) is 2.79. The van der Waals surface area contributed by atoms with Crippen LogP contribution < -0.4 is 14.8 Å². The Morgan fingerprint density at radius 1 is 1.20 bits per heavy atom. The largest absolute Gasteiger partial charge is 0.497 e. The van der Waals surface area contributed by atoms with Gasteiger partial charge in [0, 0.05) is 48.1 Å². The summed E-state index contributed by atoms with van der Waals surface area (Å²) >= 11 is 0. The van der Waals surface area contributed by atoms with Crippen molar-refractivity contribution >= 4 is 11.7 Å². The molecule has 1 N–H and O–H groups in total. The van der Waals surface area contributed by atoms with Crippen molar-refractivity contribution < 1.29 is 14.3 Å². The number of urea groups is 1. The molecule has 25 heavy (non-hydrogen) atoms. The summed E-state index contributed by atoms with van der Waals surface area (Å²) in [6.07, 6.45) is 6.12. The van der Waals surface area contributed by atoms with Crippen LogP contribution in [-0.2, 0) is 6.42 Å². The van der Waals surface area contributed by atoms with Gasteiger partial charge in [-0.15, -0.1) is 0 Å². The zero-order valence-corrected chi connectivity index (χ0v) is 14.2. The Labute approximate surface area is 146 Å². The van der Waals surface area contributed by atoms with Gasteiger partial charge >= 0.3 is 6.03 Å². The van der Waals surface area contributed by atoms with Gasteiger partial charge in [-0.3, -0.25) is 0 Å². The molecule has 1 aromatic heterocycles. The van der Waals surface area contributed by atoms with E-state index in [1.165, 1.54) is 0 Å². The third kappa shape index (κ3) is 2.75. The van der Waals surface area contributed by atoms with Crippen molar-refractivity contribution in [1.29, 1.82) is 0 Å². The second-order valence-electron chi connectivity index (χ2n) is 6.31. The molecule has 2 aliphatic heterocycles. The number of anilines is 1. The van der Waals surface area contributed by atoms with Gasteiger partial charge < -0.3 is 19.7 Å². The van der Waals surface area contributed by atoms with E-state index in [2.05, 4.69) is 15.3 Å². The lowest BCUT2D eigenvalue weighted by Gasteiger charge is -2.35. The molecule has 2 unspecified atom stereocenters. The molecule has 7 heteroatoms. The highest BCUT2D eigenvalue weighted by Gasteiger charge is 2.43. The number of hydrogen-bond donors (Lipinski definition) is 1. The Balaban J connectivity index is 1.58.